The fourth-order valence-corrected chi connectivity index (χ4v) is 2.07. The lowest BCUT2D eigenvalue weighted by Gasteiger charge is -2.12. The van der Waals surface area contributed by atoms with Gasteiger partial charge in [0, 0.05) is 18.0 Å². The maximum atomic E-state index is 12.6. The largest absolute Gasteiger partial charge is 0.365 e. The molecule has 3 rings (SSSR count). The van der Waals surface area contributed by atoms with Gasteiger partial charge in [-0.15, -0.1) is 0 Å². The zero-order chi connectivity index (χ0) is 16.6. The van der Waals surface area contributed by atoms with Crippen LogP contribution in [0, 0.1) is 0 Å². The number of rotatable bonds is 3. The Bertz CT molecular complexity index is 788. The molecule has 1 aromatic carbocycles. The maximum Gasteiger partial charge on any atom is 0.365 e. The van der Waals surface area contributed by atoms with Crippen LogP contribution in [0.15, 0.2) is 42.7 Å². The summed E-state index contributed by atoms with van der Waals surface area (Å²) in [5, 5.41) is 0.308. The first-order valence-electron chi connectivity index (χ1n) is 6.42. The number of halogens is 2. The second kappa shape index (κ2) is 5.56. The molecule has 2 amide bonds. The molecule has 0 spiro atoms. The van der Waals surface area contributed by atoms with Crippen LogP contribution in [0.3, 0.4) is 0 Å². The van der Waals surface area contributed by atoms with Crippen LogP contribution in [-0.2, 0) is 4.84 Å². The van der Waals surface area contributed by atoms with E-state index in [4.69, 9.17) is 4.84 Å². The molecule has 0 atom stereocenters. The summed E-state index contributed by atoms with van der Waals surface area (Å²) < 4.78 is 25.2. The van der Waals surface area contributed by atoms with E-state index in [2.05, 4.69) is 4.98 Å². The second-order valence-electron chi connectivity index (χ2n) is 4.64. The quantitative estimate of drug-likeness (QED) is 0.812. The smallest absolute Gasteiger partial charge is 0.324 e. The zero-order valence-corrected chi connectivity index (χ0v) is 11.4. The highest BCUT2D eigenvalue weighted by molar-refractivity contribution is 6.21. The molecule has 0 radical (unpaired) electrons. The number of hydrogen-bond acceptors (Lipinski definition) is 5. The molecular formula is C15H8F2N2O4. The van der Waals surface area contributed by atoms with Crippen molar-refractivity contribution in [1.82, 2.24) is 10.0 Å². The van der Waals surface area contributed by atoms with Crippen LogP contribution in [0.25, 0.3) is 0 Å². The summed E-state index contributed by atoms with van der Waals surface area (Å²) in [5.74, 6) is -2.72. The molecule has 1 aliphatic rings. The number of aromatic nitrogens is 1. The number of alkyl halides is 2. The van der Waals surface area contributed by atoms with Crippen molar-refractivity contribution in [3.8, 4) is 0 Å². The number of fused-ring (bicyclic) bond motifs is 1. The van der Waals surface area contributed by atoms with E-state index in [9.17, 15) is 23.2 Å². The van der Waals surface area contributed by atoms with Crippen LogP contribution in [-0.4, -0.2) is 27.8 Å². The van der Waals surface area contributed by atoms with Gasteiger partial charge in [-0.25, -0.2) is 13.6 Å². The van der Waals surface area contributed by atoms with Crippen molar-refractivity contribution in [1.29, 1.82) is 0 Å². The van der Waals surface area contributed by atoms with Crippen LogP contribution in [0.5, 0.6) is 0 Å². The molecule has 0 N–H and O–H groups in total. The number of carbonyl (C=O) groups is 3. The van der Waals surface area contributed by atoms with E-state index in [0.29, 0.717) is 5.06 Å². The fourth-order valence-electron chi connectivity index (χ4n) is 2.07. The lowest BCUT2D eigenvalue weighted by Crippen LogP contribution is -2.32. The summed E-state index contributed by atoms with van der Waals surface area (Å²) in [6.45, 7) is 0. The number of hydrogen-bond donors (Lipinski definition) is 0. The van der Waals surface area contributed by atoms with Crippen molar-refractivity contribution in [3.05, 3.63) is 65.0 Å². The average Bonchev–Trinajstić information content (AvgIpc) is 2.80. The monoisotopic (exact) mass is 318 g/mol. The number of benzene rings is 1. The van der Waals surface area contributed by atoms with Gasteiger partial charge in [0.05, 0.1) is 16.7 Å². The van der Waals surface area contributed by atoms with Crippen molar-refractivity contribution in [3.63, 3.8) is 0 Å². The number of amides is 2. The second-order valence-corrected chi connectivity index (χ2v) is 4.64. The molecular weight excluding hydrogens is 310 g/mol. The number of carbonyl (C=O) groups excluding carboxylic acids is 3. The Morgan fingerprint density at radius 1 is 1.09 bits per heavy atom. The van der Waals surface area contributed by atoms with Gasteiger partial charge in [0.1, 0.15) is 0 Å². The summed E-state index contributed by atoms with van der Waals surface area (Å²) in [4.78, 5) is 44.3. The predicted molar refractivity (Wildman–Crippen MR) is 71.6 cm³/mol. The minimum atomic E-state index is -2.81. The predicted octanol–water partition coefficient (Wildman–Crippen LogP) is 2.39. The number of nitrogens with zero attached hydrogens (tertiary/aromatic N) is 2. The highest BCUT2D eigenvalue weighted by Crippen LogP contribution is 2.24. The lowest BCUT2D eigenvalue weighted by atomic mass is 10.1. The molecule has 116 valence electrons. The molecule has 0 saturated carbocycles. The molecule has 6 nitrogen and oxygen atoms in total. The van der Waals surface area contributed by atoms with Gasteiger partial charge in [0.2, 0.25) is 0 Å². The van der Waals surface area contributed by atoms with E-state index in [0.717, 1.165) is 18.5 Å². The molecule has 1 aliphatic heterocycles. The van der Waals surface area contributed by atoms with Crippen molar-refractivity contribution in [2.75, 3.05) is 0 Å². The molecule has 0 aliphatic carbocycles. The summed E-state index contributed by atoms with van der Waals surface area (Å²) in [6, 6.07) is 6.85. The number of hydroxylamine groups is 2. The Labute approximate surface area is 128 Å². The zero-order valence-electron chi connectivity index (χ0n) is 11.4. The Hall–Kier alpha value is -3.16. The third-order valence-corrected chi connectivity index (χ3v) is 3.18. The first-order chi connectivity index (χ1) is 11.0. The molecule has 0 bridgehead atoms. The van der Waals surface area contributed by atoms with Crippen LogP contribution >= 0.6 is 0 Å². The minimum absolute atomic E-state index is 0.102. The van der Waals surface area contributed by atoms with E-state index >= 15 is 0 Å². The standard InChI is InChI=1S/C15H8F2N2O4/c16-12(17)8-5-9(7-18-6-8)15(22)23-19-13(20)10-3-1-2-4-11(10)14(19)21/h1-7,12H. The SMILES string of the molecule is O=C(ON1C(=O)c2ccccc2C1=O)c1cncc(C(F)F)c1. The molecule has 2 aromatic rings. The molecule has 8 heteroatoms. The summed E-state index contributed by atoms with van der Waals surface area (Å²) in [6.07, 6.45) is -0.898. The number of pyridine rings is 1. The fraction of sp³-hybridized carbons (Fsp3) is 0.0667. The topological polar surface area (TPSA) is 76.6 Å². The van der Waals surface area contributed by atoms with E-state index in [1.54, 1.807) is 12.1 Å². The minimum Gasteiger partial charge on any atom is -0.324 e. The normalized spacial score (nSPS) is 13.4. The first kappa shape index (κ1) is 14.8. The van der Waals surface area contributed by atoms with Crippen LogP contribution in [0.1, 0.15) is 43.1 Å². The Kier molecular flexibility index (Phi) is 3.57. The Morgan fingerprint density at radius 3 is 2.26 bits per heavy atom. The summed E-state index contributed by atoms with van der Waals surface area (Å²) in [7, 11) is 0. The average molecular weight is 318 g/mol. The third kappa shape index (κ3) is 2.54. The maximum absolute atomic E-state index is 12.6. The molecule has 0 fully saturated rings. The Morgan fingerprint density at radius 2 is 1.70 bits per heavy atom. The highest BCUT2D eigenvalue weighted by atomic mass is 19.3. The van der Waals surface area contributed by atoms with Gasteiger partial charge in [-0.3, -0.25) is 14.6 Å². The summed E-state index contributed by atoms with van der Waals surface area (Å²) >= 11 is 0. The lowest BCUT2D eigenvalue weighted by molar-refractivity contribution is -0.0585. The molecule has 23 heavy (non-hydrogen) atoms. The van der Waals surface area contributed by atoms with Crippen molar-refractivity contribution >= 4 is 17.8 Å². The number of imide groups is 1. The first-order valence-corrected chi connectivity index (χ1v) is 6.42. The highest BCUT2D eigenvalue weighted by Gasteiger charge is 2.38. The van der Waals surface area contributed by atoms with Gasteiger partial charge in [-0.1, -0.05) is 17.2 Å². The van der Waals surface area contributed by atoms with E-state index in [1.807, 2.05) is 0 Å². The van der Waals surface area contributed by atoms with Gasteiger partial charge in [0.15, 0.2) is 0 Å². The van der Waals surface area contributed by atoms with Crippen molar-refractivity contribution in [2.45, 2.75) is 6.43 Å². The van der Waals surface area contributed by atoms with Crippen molar-refractivity contribution < 1.29 is 28.0 Å². The van der Waals surface area contributed by atoms with E-state index in [1.165, 1.54) is 12.1 Å². The van der Waals surface area contributed by atoms with Gasteiger partial charge < -0.3 is 4.84 Å². The molecule has 0 unspecified atom stereocenters. The van der Waals surface area contributed by atoms with Crippen LogP contribution in [0.4, 0.5) is 8.78 Å². The van der Waals surface area contributed by atoms with Gasteiger partial charge in [0.25, 0.3) is 18.2 Å². The van der Waals surface area contributed by atoms with Crippen LogP contribution < -0.4 is 0 Å². The third-order valence-electron chi connectivity index (χ3n) is 3.18. The molecule has 1 aromatic heterocycles. The van der Waals surface area contributed by atoms with Gasteiger partial charge in [-0.2, -0.15) is 0 Å². The summed E-state index contributed by atoms with van der Waals surface area (Å²) in [5.41, 5.74) is -0.560. The molecule has 2 heterocycles. The Balaban J connectivity index is 1.83. The van der Waals surface area contributed by atoms with Crippen molar-refractivity contribution in [2.24, 2.45) is 0 Å². The van der Waals surface area contributed by atoms with Gasteiger partial charge in [-0.05, 0) is 18.2 Å². The van der Waals surface area contributed by atoms with E-state index < -0.39 is 29.8 Å². The van der Waals surface area contributed by atoms with Gasteiger partial charge >= 0.3 is 5.97 Å². The van der Waals surface area contributed by atoms with Crippen LogP contribution in [0.2, 0.25) is 0 Å². The van der Waals surface area contributed by atoms with E-state index in [-0.39, 0.29) is 16.7 Å². The molecule has 0 saturated heterocycles.